The number of methoxy groups -OCH3 is 1. The van der Waals surface area contributed by atoms with Crippen molar-refractivity contribution in [2.75, 3.05) is 32.1 Å². The fourth-order valence-electron chi connectivity index (χ4n) is 2.41. The quantitative estimate of drug-likeness (QED) is 0.363. The van der Waals surface area contributed by atoms with Crippen molar-refractivity contribution in [3.05, 3.63) is 70.3 Å². The second-order valence-electron chi connectivity index (χ2n) is 5.47. The zero-order chi connectivity index (χ0) is 18.8. The molecule has 0 saturated heterocycles. The Hall–Kier alpha value is -3.13. The first-order chi connectivity index (χ1) is 12.6. The molecule has 2 rings (SSSR count). The summed E-state index contributed by atoms with van der Waals surface area (Å²) in [4.78, 5) is 22.4. The van der Waals surface area contributed by atoms with E-state index < -0.39 is 4.92 Å². The number of hydrogen-bond acceptors (Lipinski definition) is 5. The van der Waals surface area contributed by atoms with Crippen LogP contribution in [0.2, 0.25) is 0 Å². The third kappa shape index (κ3) is 5.75. The van der Waals surface area contributed by atoms with Crippen LogP contribution in [0.3, 0.4) is 0 Å². The topological polar surface area (TPSA) is 106 Å². The molecule has 0 saturated carbocycles. The van der Waals surface area contributed by atoms with E-state index in [4.69, 9.17) is 4.74 Å². The highest BCUT2D eigenvalue weighted by atomic mass is 16.6. The number of hydrogen-bond donors (Lipinski definition) is 3. The largest absolute Gasteiger partial charge is 0.378 e. The summed E-state index contributed by atoms with van der Waals surface area (Å²) in [6.45, 7) is 1.02. The molecule has 8 nitrogen and oxygen atoms in total. The van der Waals surface area contributed by atoms with Crippen LogP contribution in [0.4, 0.5) is 16.2 Å². The molecule has 2 amide bonds. The molecule has 0 heterocycles. The number of urea groups is 1. The number of nitro groups is 1. The molecule has 0 aromatic heterocycles. The summed E-state index contributed by atoms with van der Waals surface area (Å²) in [5.41, 5.74) is 1.40. The van der Waals surface area contributed by atoms with E-state index in [0.29, 0.717) is 25.3 Å². The summed E-state index contributed by atoms with van der Waals surface area (Å²) in [5.74, 6) is 0. The molecule has 0 fully saturated rings. The highest BCUT2D eigenvalue weighted by Gasteiger charge is 2.12. The maximum Gasteiger partial charge on any atom is 0.314 e. The molecule has 26 heavy (non-hydrogen) atoms. The predicted molar refractivity (Wildman–Crippen MR) is 99.2 cm³/mol. The van der Waals surface area contributed by atoms with Crippen molar-refractivity contribution in [3.63, 3.8) is 0 Å². The van der Waals surface area contributed by atoms with Crippen LogP contribution in [0.15, 0.2) is 54.6 Å². The van der Waals surface area contributed by atoms with Crippen LogP contribution in [-0.2, 0) is 4.74 Å². The van der Waals surface area contributed by atoms with Crippen molar-refractivity contribution >= 4 is 17.4 Å². The van der Waals surface area contributed by atoms with Gasteiger partial charge in [-0.25, -0.2) is 4.79 Å². The molecule has 1 atom stereocenters. The van der Waals surface area contributed by atoms with E-state index in [0.717, 1.165) is 5.56 Å². The third-order valence-corrected chi connectivity index (χ3v) is 3.73. The molecule has 2 aromatic carbocycles. The fourth-order valence-corrected chi connectivity index (χ4v) is 2.41. The lowest BCUT2D eigenvalue weighted by Crippen LogP contribution is -2.40. The molecule has 0 spiro atoms. The van der Waals surface area contributed by atoms with Crippen molar-refractivity contribution in [1.29, 1.82) is 0 Å². The predicted octanol–water partition coefficient (Wildman–Crippen LogP) is 2.69. The zero-order valence-electron chi connectivity index (χ0n) is 14.5. The van der Waals surface area contributed by atoms with Crippen LogP contribution < -0.4 is 16.0 Å². The van der Waals surface area contributed by atoms with Gasteiger partial charge in [0.1, 0.15) is 5.69 Å². The Morgan fingerprint density at radius 2 is 1.77 bits per heavy atom. The molecule has 2 aromatic rings. The van der Waals surface area contributed by atoms with Gasteiger partial charge in [0.05, 0.1) is 11.0 Å². The number of amides is 2. The fraction of sp³-hybridized carbons (Fsp3) is 0.278. The molecule has 0 aliphatic heterocycles. The lowest BCUT2D eigenvalue weighted by atomic mass is 10.1. The summed E-state index contributed by atoms with van der Waals surface area (Å²) in [6, 6.07) is 15.7. The van der Waals surface area contributed by atoms with Gasteiger partial charge in [-0.15, -0.1) is 0 Å². The van der Waals surface area contributed by atoms with Crippen LogP contribution in [0.25, 0.3) is 0 Å². The first kappa shape index (κ1) is 19.2. The first-order valence-electron chi connectivity index (χ1n) is 8.18. The van der Waals surface area contributed by atoms with Crippen molar-refractivity contribution < 1.29 is 14.5 Å². The average molecular weight is 358 g/mol. The minimum absolute atomic E-state index is 0.00255. The molecule has 0 radical (unpaired) electrons. The Morgan fingerprint density at radius 3 is 2.46 bits per heavy atom. The maximum atomic E-state index is 11.9. The Balaban J connectivity index is 1.72. The van der Waals surface area contributed by atoms with Gasteiger partial charge in [0.2, 0.25) is 0 Å². The lowest BCUT2D eigenvalue weighted by Gasteiger charge is -2.17. The Kier molecular flexibility index (Phi) is 7.38. The van der Waals surface area contributed by atoms with Crippen molar-refractivity contribution in [2.24, 2.45) is 0 Å². The molecule has 0 bridgehead atoms. The lowest BCUT2D eigenvalue weighted by molar-refractivity contribution is -0.384. The highest BCUT2D eigenvalue weighted by Crippen LogP contribution is 2.22. The zero-order valence-corrected chi connectivity index (χ0v) is 14.5. The highest BCUT2D eigenvalue weighted by molar-refractivity contribution is 5.74. The maximum absolute atomic E-state index is 11.9. The van der Waals surface area contributed by atoms with E-state index in [2.05, 4.69) is 16.0 Å². The summed E-state index contributed by atoms with van der Waals surface area (Å²) in [6.07, 6.45) is -0.230. The number of carbonyl (C=O) groups is 1. The molecular weight excluding hydrogens is 336 g/mol. The van der Waals surface area contributed by atoms with Crippen molar-refractivity contribution in [3.8, 4) is 0 Å². The Labute approximate surface area is 151 Å². The van der Waals surface area contributed by atoms with E-state index >= 15 is 0 Å². The minimum atomic E-state index is -0.447. The van der Waals surface area contributed by atoms with Crippen LogP contribution >= 0.6 is 0 Å². The van der Waals surface area contributed by atoms with Gasteiger partial charge in [-0.05, 0) is 11.6 Å². The first-order valence-corrected chi connectivity index (χ1v) is 8.18. The number of nitrogens with one attached hydrogen (secondary N) is 3. The van der Waals surface area contributed by atoms with Gasteiger partial charge in [-0.3, -0.25) is 10.1 Å². The van der Waals surface area contributed by atoms with Crippen LogP contribution in [-0.4, -0.2) is 37.7 Å². The monoisotopic (exact) mass is 358 g/mol. The smallest absolute Gasteiger partial charge is 0.314 e. The Bertz CT molecular complexity index is 724. The van der Waals surface area contributed by atoms with Gasteiger partial charge < -0.3 is 20.7 Å². The molecule has 3 N–H and O–H groups in total. The SMILES string of the molecule is COC(CNC(=O)NCCNc1ccccc1[N+](=O)[O-])c1ccccc1. The van der Waals surface area contributed by atoms with E-state index in [1.807, 2.05) is 30.3 Å². The molecule has 0 aliphatic carbocycles. The standard InChI is InChI=1S/C18H22N4O4/c1-26-17(14-7-3-2-4-8-14)13-21-18(23)20-12-11-19-15-9-5-6-10-16(15)22(24)25/h2-10,17,19H,11-13H2,1H3,(H2,20,21,23). The molecule has 8 heteroatoms. The number of nitro benzene ring substituents is 1. The Morgan fingerprint density at radius 1 is 1.08 bits per heavy atom. The van der Waals surface area contributed by atoms with Crippen LogP contribution in [0.5, 0.6) is 0 Å². The van der Waals surface area contributed by atoms with Crippen LogP contribution in [0.1, 0.15) is 11.7 Å². The van der Waals surface area contributed by atoms with Gasteiger partial charge in [0.15, 0.2) is 0 Å². The minimum Gasteiger partial charge on any atom is -0.378 e. The van der Waals surface area contributed by atoms with Gasteiger partial charge in [-0.2, -0.15) is 0 Å². The number of nitrogens with zero attached hydrogens (tertiary/aromatic N) is 1. The third-order valence-electron chi connectivity index (χ3n) is 3.73. The summed E-state index contributed by atoms with van der Waals surface area (Å²) in [5, 5.41) is 19.3. The normalized spacial score (nSPS) is 11.4. The van der Waals surface area contributed by atoms with E-state index in [9.17, 15) is 14.9 Å². The summed E-state index contributed by atoms with van der Waals surface area (Å²) < 4.78 is 5.39. The summed E-state index contributed by atoms with van der Waals surface area (Å²) in [7, 11) is 1.59. The number of benzene rings is 2. The van der Waals surface area contributed by atoms with Crippen molar-refractivity contribution in [1.82, 2.24) is 10.6 Å². The number of carbonyl (C=O) groups excluding carboxylic acids is 1. The van der Waals surface area contributed by atoms with Crippen LogP contribution in [0, 0.1) is 10.1 Å². The molecular formula is C18H22N4O4. The number of rotatable bonds is 9. The molecule has 1 unspecified atom stereocenters. The van der Waals surface area contributed by atoms with Crippen molar-refractivity contribution in [2.45, 2.75) is 6.10 Å². The second-order valence-corrected chi connectivity index (χ2v) is 5.47. The van der Waals surface area contributed by atoms with Gasteiger partial charge in [0.25, 0.3) is 5.69 Å². The van der Waals surface area contributed by atoms with E-state index in [1.54, 1.807) is 25.3 Å². The summed E-state index contributed by atoms with van der Waals surface area (Å²) >= 11 is 0. The van der Waals surface area contributed by atoms with Gasteiger partial charge in [-0.1, -0.05) is 42.5 Å². The van der Waals surface area contributed by atoms with E-state index in [-0.39, 0.29) is 17.8 Å². The number of ether oxygens (including phenoxy) is 1. The molecule has 138 valence electrons. The number of anilines is 1. The van der Waals surface area contributed by atoms with E-state index in [1.165, 1.54) is 6.07 Å². The molecule has 0 aliphatic rings. The average Bonchev–Trinajstić information content (AvgIpc) is 2.67. The number of para-hydroxylation sites is 2. The van der Waals surface area contributed by atoms with Gasteiger partial charge >= 0.3 is 6.03 Å². The van der Waals surface area contributed by atoms with Gasteiger partial charge in [0, 0.05) is 32.8 Å². The second kappa shape index (κ2) is 10.00.